The van der Waals surface area contributed by atoms with E-state index in [1.807, 2.05) is 12.1 Å². The van der Waals surface area contributed by atoms with Gasteiger partial charge in [-0.1, -0.05) is 13.0 Å². The summed E-state index contributed by atoms with van der Waals surface area (Å²) in [6.07, 6.45) is 2.83. The lowest BCUT2D eigenvalue weighted by atomic mass is 10.1. The van der Waals surface area contributed by atoms with E-state index in [-0.39, 0.29) is 6.03 Å². The number of carbonyl (C=O) groups excluding carboxylic acids is 1. The zero-order chi connectivity index (χ0) is 15.1. The minimum Gasteiger partial charge on any atom is -0.481 e. The van der Waals surface area contributed by atoms with Gasteiger partial charge in [-0.3, -0.25) is 0 Å². The maximum absolute atomic E-state index is 11.8. The van der Waals surface area contributed by atoms with Gasteiger partial charge in [0.2, 0.25) is 5.88 Å². The van der Waals surface area contributed by atoms with Crippen molar-refractivity contribution in [2.45, 2.75) is 19.9 Å². The normalized spacial score (nSPS) is 18.5. The van der Waals surface area contributed by atoms with Crippen LogP contribution < -0.4 is 15.4 Å². The molecule has 0 radical (unpaired) electrons. The van der Waals surface area contributed by atoms with Gasteiger partial charge in [0.25, 0.3) is 0 Å². The van der Waals surface area contributed by atoms with Crippen molar-refractivity contribution in [1.82, 2.24) is 20.5 Å². The third-order valence-corrected chi connectivity index (χ3v) is 3.85. The molecular weight excluding hydrogens is 268 g/mol. The Hall–Kier alpha value is -1.82. The summed E-state index contributed by atoms with van der Waals surface area (Å²) < 4.78 is 5.15. The third-order valence-electron chi connectivity index (χ3n) is 3.85. The first-order valence-corrected chi connectivity index (χ1v) is 7.44. The topological polar surface area (TPSA) is 66.5 Å². The first-order chi connectivity index (χ1) is 10.2. The molecule has 1 aromatic heterocycles. The molecule has 6 nitrogen and oxygen atoms in total. The molecule has 1 aliphatic heterocycles. The SMILES string of the molecule is CCN1CC[C@H](CNC(=O)NCc2cccnc2OC)C1. The van der Waals surface area contributed by atoms with Gasteiger partial charge in [0.1, 0.15) is 0 Å². The highest BCUT2D eigenvalue weighted by Gasteiger charge is 2.21. The standard InChI is InChI=1S/C15H24N4O2/c1-3-19-8-6-12(11-19)9-17-15(20)18-10-13-5-4-7-16-14(13)21-2/h4-5,7,12H,3,6,8-11H2,1-2H3,(H2,17,18,20)/t12-/m1/s1. The van der Waals surface area contributed by atoms with Crippen molar-refractivity contribution in [3.63, 3.8) is 0 Å². The molecule has 1 atom stereocenters. The molecule has 1 aliphatic rings. The molecule has 2 N–H and O–H groups in total. The van der Waals surface area contributed by atoms with E-state index in [4.69, 9.17) is 4.74 Å². The van der Waals surface area contributed by atoms with Gasteiger partial charge in [-0.25, -0.2) is 9.78 Å². The highest BCUT2D eigenvalue weighted by molar-refractivity contribution is 5.73. The Morgan fingerprint density at radius 3 is 3.10 bits per heavy atom. The summed E-state index contributed by atoms with van der Waals surface area (Å²) in [6.45, 7) is 6.61. The highest BCUT2D eigenvalue weighted by atomic mass is 16.5. The van der Waals surface area contributed by atoms with Crippen LogP contribution in [-0.2, 0) is 6.54 Å². The van der Waals surface area contributed by atoms with Gasteiger partial charge in [0, 0.05) is 31.4 Å². The molecule has 6 heteroatoms. The monoisotopic (exact) mass is 292 g/mol. The van der Waals surface area contributed by atoms with E-state index in [9.17, 15) is 4.79 Å². The zero-order valence-corrected chi connectivity index (χ0v) is 12.8. The number of amides is 2. The van der Waals surface area contributed by atoms with E-state index in [0.717, 1.165) is 38.2 Å². The Bertz CT molecular complexity index is 467. The van der Waals surface area contributed by atoms with Crippen LogP contribution in [0.15, 0.2) is 18.3 Å². The third kappa shape index (κ3) is 4.60. The Morgan fingerprint density at radius 1 is 1.52 bits per heavy atom. The Labute approximate surface area is 125 Å². The van der Waals surface area contributed by atoms with Crippen molar-refractivity contribution < 1.29 is 9.53 Å². The smallest absolute Gasteiger partial charge is 0.315 e. The molecule has 116 valence electrons. The summed E-state index contributed by atoms with van der Waals surface area (Å²) >= 11 is 0. The number of pyridine rings is 1. The van der Waals surface area contributed by atoms with Crippen LogP contribution in [0.1, 0.15) is 18.9 Å². The second-order valence-electron chi connectivity index (χ2n) is 5.28. The molecule has 0 bridgehead atoms. The molecule has 2 amide bonds. The fraction of sp³-hybridized carbons (Fsp3) is 0.600. The summed E-state index contributed by atoms with van der Waals surface area (Å²) in [6, 6.07) is 3.58. The number of hydrogen-bond acceptors (Lipinski definition) is 4. The van der Waals surface area contributed by atoms with Gasteiger partial charge >= 0.3 is 6.03 Å². The van der Waals surface area contributed by atoms with Crippen LogP contribution >= 0.6 is 0 Å². The summed E-state index contributed by atoms with van der Waals surface area (Å²) in [7, 11) is 1.57. The van der Waals surface area contributed by atoms with Crippen molar-refractivity contribution in [1.29, 1.82) is 0 Å². The number of carbonyl (C=O) groups is 1. The fourth-order valence-corrected chi connectivity index (χ4v) is 2.58. The van der Waals surface area contributed by atoms with Crippen LogP contribution in [0, 0.1) is 5.92 Å². The first kappa shape index (κ1) is 15.6. The van der Waals surface area contributed by atoms with Gasteiger partial charge in [0.05, 0.1) is 7.11 Å². The number of nitrogens with one attached hydrogen (secondary N) is 2. The second kappa shape index (κ2) is 7.83. The van der Waals surface area contributed by atoms with Crippen molar-refractivity contribution in [2.24, 2.45) is 5.92 Å². The predicted octanol–water partition coefficient (Wildman–Crippen LogP) is 1.23. The van der Waals surface area contributed by atoms with E-state index in [1.54, 1.807) is 13.3 Å². The fourth-order valence-electron chi connectivity index (χ4n) is 2.58. The van der Waals surface area contributed by atoms with Crippen LogP contribution in [0.5, 0.6) is 5.88 Å². The molecule has 1 aromatic rings. The minimum atomic E-state index is -0.143. The van der Waals surface area contributed by atoms with Crippen molar-refractivity contribution in [3.8, 4) is 5.88 Å². The lowest BCUT2D eigenvalue weighted by molar-refractivity contribution is 0.238. The molecule has 0 spiro atoms. The molecule has 1 fully saturated rings. The minimum absolute atomic E-state index is 0.143. The van der Waals surface area contributed by atoms with Crippen LogP contribution in [0.3, 0.4) is 0 Å². The van der Waals surface area contributed by atoms with Crippen molar-refractivity contribution >= 4 is 6.03 Å². The number of urea groups is 1. The highest BCUT2D eigenvalue weighted by Crippen LogP contribution is 2.15. The summed E-state index contributed by atoms with van der Waals surface area (Å²) in [5.74, 6) is 1.11. The number of nitrogens with zero attached hydrogens (tertiary/aromatic N) is 2. The number of aromatic nitrogens is 1. The molecule has 0 aromatic carbocycles. The van der Waals surface area contributed by atoms with Gasteiger partial charge in [0.15, 0.2) is 0 Å². The Balaban J connectivity index is 1.70. The molecule has 0 saturated carbocycles. The van der Waals surface area contributed by atoms with E-state index in [1.165, 1.54) is 0 Å². The van der Waals surface area contributed by atoms with Crippen molar-refractivity contribution in [2.75, 3.05) is 33.3 Å². The predicted molar refractivity (Wildman–Crippen MR) is 81.2 cm³/mol. The van der Waals surface area contributed by atoms with E-state index in [2.05, 4.69) is 27.4 Å². The number of hydrogen-bond donors (Lipinski definition) is 2. The van der Waals surface area contributed by atoms with Gasteiger partial charge in [-0.2, -0.15) is 0 Å². The molecule has 0 unspecified atom stereocenters. The number of ether oxygens (including phenoxy) is 1. The molecule has 1 saturated heterocycles. The van der Waals surface area contributed by atoms with E-state index in [0.29, 0.717) is 18.3 Å². The lowest BCUT2D eigenvalue weighted by Gasteiger charge is -2.14. The second-order valence-corrected chi connectivity index (χ2v) is 5.28. The number of likely N-dealkylation sites (tertiary alicyclic amines) is 1. The molecule has 21 heavy (non-hydrogen) atoms. The maximum Gasteiger partial charge on any atom is 0.315 e. The molecule has 2 heterocycles. The Kier molecular flexibility index (Phi) is 5.80. The van der Waals surface area contributed by atoms with Gasteiger partial charge < -0.3 is 20.3 Å². The van der Waals surface area contributed by atoms with Crippen LogP contribution in [0.2, 0.25) is 0 Å². The van der Waals surface area contributed by atoms with Crippen molar-refractivity contribution in [3.05, 3.63) is 23.9 Å². The van der Waals surface area contributed by atoms with Crippen LogP contribution in [-0.4, -0.2) is 49.2 Å². The average molecular weight is 292 g/mol. The van der Waals surface area contributed by atoms with Crippen LogP contribution in [0.25, 0.3) is 0 Å². The first-order valence-electron chi connectivity index (χ1n) is 7.44. The average Bonchev–Trinajstić information content (AvgIpc) is 2.99. The summed E-state index contributed by atoms with van der Waals surface area (Å²) in [5, 5.41) is 5.78. The van der Waals surface area contributed by atoms with E-state index < -0.39 is 0 Å². The number of rotatable bonds is 6. The molecular formula is C15H24N4O2. The summed E-state index contributed by atoms with van der Waals surface area (Å²) in [5.41, 5.74) is 0.869. The molecule has 2 rings (SSSR count). The maximum atomic E-state index is 11.8. The van der Waals surface area contributed by atoms with Gasteiger partial charge in [-0.05, 0) is 31.5 Å². The Morgan fingerprint density at radius 2 is 2.38 bits per heavy atom. The largest absolute Gasteiger partial charge is 0.481 e. The van der Waals surface area contributed by atoms with Gasteiger partial charge in [-0.15, -0.1) is 0 Å². The van der Waals surface area contributed by atoms with Crippen LogP contribution in [0.4, 0.5) is 4.79 Å². The van der Waals surface area contributed by atoms with E-state index >= 15 is 0 Å². The summed E-state index contributed by atoms with van der Waals surface area (Å²) in [4.78, 5) is 18.3. The quantitative estimate of drug-likeness (QED) is 0.827. The zero-order valence-electron chi connectivity index (χ0n) is 12.8. The number of methoxy groups -OCH3 is 1. The molecule has 0 aliphatic carbocycles. The lowest BCUT2D eigenvalue weighted by Crippen LogP contribution is -2.38.